The second-order valence-electron chi connectivity index (χ2n) is 3.48. The maximum Gasteiger partial charge on any atom is 0.246 e. The van der Waals surface area contributed by atoms with Gasteiger partial charge >= 0.3 is 0 Å². The van der Waals surface area contributed by atoms with Crippen molar-refractivity contribution in [2.45, 2.75) is 0 Å². The molecule has 1 N–H and O–H groups in total. The van der Waals surface area contributed by atoms with Crippen molar-refractivity contribution in [2.24, 2.45) is 0 Å². The number of amides is 2. The van der Waals surface area contributed by atoms with Crippen molar-refractivity contribution in [1.29, 1.82) is 0 Å². The van der Waals surface area contributed by atoms with Gasteiger partial charge in [0.25, 0.3) is 0 Å². The number of carbonyl (C=O) groups excluding carboxylic acids is 2. The number of benzene rings is 1. The Morgan fingerprint density at radius 1 is 1.24 bits per heavy atom. The van der Waals surface area contributed by atoms with E-state index in [1.165, 1.54) is 17.0 Å². The van der Waals surface area contributed by atoms with Gasteiger partial charge in [0.2, 0.25) is 11.8 Å². The van der Waals surface area contributed by atoms with Crippen molar-refractivity contribution in [1.82, 2.24) is 5.32 Å². The summed E-state index contributed by atoms with van der Waals surface area (Å²) in [6.07, 6.45) is 0. The molecule has 90 valence electrons. The molecular formula is C10H7Cl2FN2O2. The lowest BCUT2D eigenvalue weighted by Crippen LogP contribution is -2.51. The fraction of sp³-hybridized carbons (Fsp3) is 0.200. The normalized spacial score (nSPS) is 16.1. The highest BCUT2D eigenvalue weighted by molar-refractivity contribution is 6.35. The monoisotopic (exact) mass is 276 g/mol. The van der Waals surface area contributed by atoms with Gasteiger partial charge in [0, 0.05) is 5.69 Å². The molecule has 0 radical (unpaired) electrons. The van der Waals surface area contributed by atoms with Gasteiger partial charge in [-0.2, -0.15) is 0 Å². The van der Waals surface area contributed by atoms with E-state index in [2.05, 4.69) is 5.32 Å². The molecule has 1 fully saturated rings. The largest absolute Gasteiger partial charge is 0.345 e. The lowest BCUT2D eigenvalue weighted by Gasteiger charge is -2.26. The van der Waals surface area contributed by atoms with Crippen LogP contribution in [0.25, 0.3) is 0 Å². The number of carbonyl (C=O) groups is 2. The quantitative estimate of drug-likeness (QED) is 0.792. The third kappa shape index (κ3) is 2.35. The average molecular weight is 277 g/mol. The number of piperazine rings is 1. The molecule has 0 spiro atoms. The molecule has 1 saturated heterocycles. The maximum atomic E-state index is 13.2. The summed E-state index contributed by atoms with van der Waals surface area (Å²) in [5.74, 6) is -1.34. The van der Waals surface area contributed by atoms with Crippen LogP contribution in [0.4, 0.5) is 10.1 Å². The molecule has 0 bridgehead atoms. The minimum atomic E-state index is -0.744. The first kappa shape index (κ1) is 12.1. The number of anilines is 1. The first-order valence-electron chi connectivity index (χ1n) is 4.70. The molecule has 1 heterocycles. The lowest BCUT2D eigenvalue weighted by molar-refractivity contribution is -0.128. The predicted octanol–water partition coefficient (Wildman–Crippen LogP) is 1.60. The molecule has 1 aromatic rings. The number of hydrogen-bond donors (Lipinski definition) is 1. The van der Waals surface area contributed by atoms with E-state index in [1.807, 2.05) is 0 Å². The third-order valence-corrected chi connectivity index (χ3v) is 2.87. The molecule has 2 amide bonds. The highest BCUT2D eigenvalue weighted by atomic mass is 35.5. The van der Waals surface area contributed by atoms with E-state index >= 15 is 0 Å². The van der Waals surface area contributed by atoms with Crippen LogP contribution in [-0.2, 0) is 9.59 Å². The first-order chi connectivity index (χ1) is 7.99. The second kappa shape index (κ2) is 4.50. The Bertz CT molecular complexity index is 484. The lowest BCUT2D eigenvalue weighted by atomic mass is 10.2. The van der Waals surface area contributed by atoms with E-state index in [-0.39, 0.29) is 34.9 Å². The zero-order chi connectivity index (χ0) is 12.6. The van der Waals surface area contributed by atoms with Crippen molar-refractivity contribution >= 4 is 40.7 Å². The molecule has 0 aromatic heterocycles. The number of nitrogens with zero attached hydrogens (tertiary/aromatic N) is 1. The van der Waals surface area contributed by atoms with Crippen molar-refractivity contribution in [3.05, 3.63) is 28.0 Å². The zero-order valence-corrected chi connectivity index (χ0v) is 9.98. The summed E-state index contributed by atoms with van der Waals surface area (Å²) < 4.78 is 13.2. The minimum Gasteiger partial charge on any atom is -0.345 e. The van der Waals surface area contributed by atoms with Crippen LogP contribution in [0.5, 0.6) is 0 Å². The smallest absolute Gasteiger partial charge is 0.246 e. The van der Waals surface area contributed by atoms with Gasteiger partial charge in [-0.3, -0.25) is 9.59 Å². The molecule has 0 unspecified atom stereocenters. The molecule has 4 nitrogen and oxygen atoms in total. The standard InChI is InChI=1S/C10H7Cl2FN2O2/c11-6-1-5(2-7(12)10(6)13)15-4-8(16)14-3-9(15)17/h1-2H,3-4H2,(H,14,16). The number of nitrogens with one attached hydrogen (secondary N) is 1. The summed E-state index contributed by atoms with van der Waals surface area (Å²) in [6, 6.07) is 2.53. The van der Waals surface area contributed by atoms with Gasteiger partial charge in [0.1, 0.15) is 6.54 Å². The van der Waals surface area contributed by atoms with E-state index in [1.54, 1.807) is 0 Å². The van der Waals surface area contributed by atoms with Crippen LogP contribution in [0.15, 0.2) is 12.1 Å². The molecule has 0 aliphatic carbocycles. The summed E-state index contributed by atoms with van der Waals surface area (Å²) in [4.78, 5) is 24.0. The summed E-state index contributed by atoms with van der Waals surface area (Å²) in [5, 5.41) is 2.02. The van der Waals surface area contributed by atoms with Gasteiger partial charge in [-0.1, -0.05) is 23.2 Å². The first-order valence-corrected chi connectivity index (χ1v) is 5.46. The van der Waals surface area contributed by atoms with Gasteiger partial charge in [-0.05, 0) is 12.1 Å². The van der Waals surface area contributed by atoms with Crippen molar-refractivity contribution in [3.63, 3.8) is 0 Å². The van der Waals surface area contributed by atoms with E-state index in [0.717, 1.165) is 0 Å². The molecule has 1 aromatic carbocycles. The van der Waals surface area contributed by atoms with Crippen LogP contribution in [0, 0.1) is 5.82 Å². The van der Waals surface area contributed by atoms with Gasteiger partial charge in [-0.25, -0.2) is 4.39 Å². The van der Waals surface area contributed by atoms with Crippen LogP contribution < -0.4 is 10.2 Å². The molecular weight excluding hydrogens is 270 g/mol. The third-order valence-electron chi connectivity index (χ3n) is 2.32. The highest BCUT2D eigenvalue weighted by Crippen LogP contribution is 2.29. The van der Waals surface area contributed by atoms with E-state index in [9.17, 15) is 14.0 Å². The molecule has 0 atom stereocenters. The zero-order valence-electron chi connectivity index (χ0n) is 8.47. The van der Waals surface area contributed by atoms with Crippen LogP contribution in [-0.4, -0.2) is 24.9 Å². The molecule has 17 heavy (non-hydrogen) atoms. The Balaban J connectivity index is 2.39. The predicted molar refractivity (Wildman–Crippen MR) is 61.8 cm³/mol. The van der Waals surface area contributed by atoms with Crippen molar-refractivity contribution < 1.29 is 14.0 Å². The minimum absolute atomic E-state index is 0.0918. The van der Waals surface area contributed by atoms with Crippen LogP contribution in [0.2, 0.25) is 10.0 Å². The molecule has 1 aliphatic heterocycles. The van der Waals surface area contributed by atoms with Gasteiger partial charge < -0.3 is 10.2 Å². The Kier molecular flexibility index (Phi) is 3.22. The average Bonchev–Trinajstić information content (AvgIpc) is 2.28. The second-order valence-corrected chi connectivity index (χ2v) is 4.29. The Labute approximate surface area is 106 Å². The van der Waals surface area contributed by atoms with E-state index in [4.69, 9.17) is 23.2 Å². The Morgan fingerprint density at radius 2 is 1.82 bits per heavy atom. The fourth-order valence-corrected chi connectivity index (χ4v) is 1.97. The number of halogens is 3. The van der Waals surface area contributed by atoms with Crippen LogP contribution >= 0.6 is 23.2 Å². The van der Waals surface area contributed by atoms with Crippen LogP contribution in [0.1, 0.15) is 0 Å². The number of hydrogen-bond acceptors (Lipinski definition) is 2. The molecule has 0 saturated carbocycles. The molecule has 2 rings (SSSR count). The molecule has 7 heteroatoms. The Morgan fingerprint density at radius 3 is 2.41 bits per heavy atom. The SMILES string of the molecule is O=C1CN(c2cc(Cl)c(F)c(Cl)c2)C(=O)CN1. The molecule has 1 aliphatic rings. The van der Waals surface area contributed by atoms with Crippen molar-refractivity contribution in [3.8, 4) is 0 Å². The summed E-state index contributed by atoms with van der Waals surface area (Å²) in [6.45, 7) is -0.220. The maximum absolute atomic E-state index is 13.2. The van der Waals surface area contributed by atoms with E-state index in [0.29, 0.717) is 5.69 Å². The summed E-state index contributed by atoms with van der Waals surface area (Å²) >= 11 is 11.2. The Hall–Kier alpha value is -1.33. The van der Waals surface area contributed by atoms with Gasteiger partial charge in [0.15, 0.2) is 5.82 Å². The fourth-order valence-electron chi connectivity index (χ4n) is 1.49. The highest BCUT2D eigenvalue weighted by Gasteiger charge is 2.25. The van der Waals surface area contributed by atoms with Gasteiger partial charge in [-0.15, -0.1) is 0 Å². The summed E-state index contributed by atoms with van der Waals surface area (Å²) in [7, 11) is 0. The van der Waals surface area contributed by atoms with Gasteiger partial charge in [0.05, 0.1) is 16.6 Å². The van der Waals surface area contributed by atoms with E-state index < -0.39 is 5.82 Å². The summed E-state index contributed by atoms with van der Waals surface area (Å²) in [5.41, 5.74) is 0.307. The van der Waals surface area contributed by atoms with Crippen molar-refractivity contribution in [2.75, 3.05) is 18.0 Å². The van der Waals surface area contributed by atoms with Crippen LogP contribution in [0.3, 0.4) is 0 Å². The topological polar surface area (TPSA) is 49.4 Å². The number of rotatable bonds is 1.